The van der Waals surface area contributed by atoms with Gasteiger partial charge in [0.25, 0.3) is 0 Å². The van der Waals surface area contributed by atoms with Gasteiger partial charge in [-0.15, -0.1) is 5.10 Å². The van der Waals surface area contributed by atoms with Gasteiger partial charge in [0.2, 0.25) is 0 Å². The standard InChI is InChI=1S/C15H19N3O5/c1-8-2-4-9(5-3-8)10-6-18(17-16-10)15-14(22)13(21)12(20)11(7-19)23-15/h2-6,11-15,19-22H,7H2,1H3/t11-,12-,13+,14+,15?/m1/s1. The summed E-state index contributed by atoms with van der Waals surface area (Å²) in [4.78, 5) is 0. The molecule has 0 bridgehead atoms. The highest BCUT2D eigenvalue weighted by Gasteiger charge is 2.44. The Kier molecular flexibility index (Phi) is 4.42. The van der Waals surface area contributed by atoms with Gasteiger partial charge in [-0.25, -0.2) is 4.68 Å². The minimum Gasteiger partial charge on any atom is -0.394 e. The third kappa shape index (κ3) is 2.99. The number of aromatic nitrogens is 3. The topological polar surface area (TPSA) is 121 Å². The summed E-state index contributed by atoms with van der Waals surface area (Å²) in [5.74, 6) is 0. The predicted molar refractivity (Wildman–Crippen MR) is 79.2 cm³/mol. The highest BCUT2D eigenvalue weighted by Crippen LogP contribution is 2.28. The molecular weight excluding hydrogens is 302 g/mol. The van der Waals surface area contributed by atoms with E-state index < -0.39 is 37.3 Å². The average Bonchev–Trinajstić information content (AvgIpc) is 3.03. The minimum atomic E-state index is -1.45. The monoisotopic (exact) mass is 321 g/mol. The Morgan fingerprint density at radius 3 is 2.43 bits per heavy atom. The molecule has 1 fully saturated rings. The molecule has 0 spiro atoms. The molecule has 1 unspecified atom stereocenters. The van der Waals surface area contributed by atoms with Gasteiger partial charge in [-0.3, -0.25) is 0 Å². The predicted octanol–water partition coefficient (Wildman–Crippen LogP) is -0.774. The molecule has 0 aliphatic carbocycles. The maximum atomic E-state index is 10.1. The smallest absolute Gasteiger partial charge is 0.180 e. The van der Waals surface area contributed by atoms with Gasteiger partial charge in [0, 0.05) is 5.56 Å². The van der Waals surface area contributed by atoms with Gasteiger partial charge < -0.3 is 25.2 Å². The van der Waals surface area contributed by atoms with Crippen molar-refractivity contribution >= 4 is 0 Å². The van der Waals surface area contributed by atoms with Gasteiger partial charge in [0.1, 0.15) is 30.1 Å². The lowest BCUT2D eigenvalue weighted by Gasteiger charge is -2.39. The largest absolute Gasteiger partial charge is 0.394 e. The summed E-state index contributed by atoms with van der Waals surface area (Å²) in [6.45, 7) is 1.50. The molecule has 2 aromatic rings. The van der Waals surface area contributed by atoms with Crippen molar-refractivity contribution in [2.24, 2.45) is 0 Å². The highest BCUT2D eigenvalue weighted by molar-refractivity contribution is 5.57. The lowest BCUT2D eigenvalue weighted by atomic mass is 9.98. The number of nitrogens with zero attached hydrogens (tertiary/aromatic N) is 3. The minimum absolute atomic E-state index is 0.485. The van der Waals surface area contributed by atoms with Crippen molar-refractivity contribution < 1.29 is 25.2 Å². The van der Waals surface area contributed by atoms with Crippen LogP contribution >= 0.6 is 0 Å². The average molecular weight is 321 g/mol. The molecule has 4 N–H and O–H groups in total. The van der Waals surface area contributed by atoms with Gasteiger partial charge in [0.05, 0.1) is 12.8 Å². The van der Waals surface area contributed by atoms with Crippen molar-refractivity contribution in [3.63, 3.8) is 0 Å². The quantitative estimate of drug-likeness (QED) is 0.585. The van der Waals surface area contributed by atoms with Gasteiger partial charge in [-0.05, 0) is 6.92 Å². The molecule has 0 radical (unpaired) electrons. The molecule has 2 heterocycles. The number of hydrogen-bond acceptors (Lipinski definition) is 7. The Morgan fingerprint density at radius 2 is 1.78 bits per heavy atom. The number of hydrogen-bond donors (Lipinski definition) is 4. The van der Waals surface area contributed by atoms with E-state index in [1.165, 1.54) is 4.68 Å². The summed E-state index contributed by atoms with van der Waals surface area (Å²) >= 11 is 0. The first-order chi connectivity index (χ1) is 11.0. The first kappa shape index (κ1) is 16.0. The molecule has 0 amide bonds. The summed E-state index contributed by atoms with van der Waals surface area (Å²) < 4.78 is 6.71. The Morgan fingerprint density at radius 1 is 1.09 bits per heavy atom. The maximum Gasteiger partial charge on any atom is 0.180 e. The Hall–Kier alpha value is -1.84. The van der Waals surface area contributed by atoms with E-state index in [-0.39, 0.29) is 0 Å². The lowest BCUT2D eigenvalue weighted by molar-refractivity contribution is -0.254. The van der Waals surface area contributed by atoms with Crippen LogP contribution in [-0.2, 0) is 4.74 Å². The summed E-state index contributed by atoms with van der Waals surface area (Å²) in [6, 6.07) is 7.69. The molecule has 1 aromatic carbocycles. The van der Waals surface area contributed by atoms with Crippen LogP contribution in [0.25, 0.3) is 11.3 Å². The summed E-state index contributed by atoms with van der Waals surface area (Å²) in [5, 5.41) is 46.9. The van der Waals surface area contributed by atoms with Crippen LogP contribution in [-0.4, -0.2) is 66.4 Å². The fourth-order valence-electron chi connectivity index (χ4n) is 2.56. The van der Waals surface area contributed by atoms with E-state index in [2.05, 4.69) is 10.3 Å². The highest BCUT2D eigenvalue weighted by atomic mass is 16.6. The molecule has 1 aliphatic rings. The fraction of sp³-hybridized carbons (Fsp3) is 0.467. The van der Waals surface area contributed by atoms with E-state index in [0.29, 0.717) is 5.69 Å². The van der Waals surface area contributed by atoms with Crippen molar-refractivity contribution in [1.82, 2.24) is 15.0 Å². The van der Waals surface area contributed by atoms with E-state index >= 15 is 0 Å². The second-order valence-corrected chi connectivity index (χ2v) is 5.67. The molecule has 8 heteroatoms. The molecule has 5 atom stereocenters. The van der Waals surface area contributed by atoms with E-state index in [0.717, 1.165) is 11.1 Å². The van der Waals surface area contributed by atoms with Crippen LogP contribution in [0.3, 0.4) is 0 Å². The van der Waals surface area contributed by atoms with Crippen LogP contribution in [0.15, 0.2) is 30.5 Å². The van der Waals surface area contributed by atoms with Gasteiger partial charge in [-0.2, -0.15) is 0 Å². The van der Waals surface area contributed by atoms with Crippen molar-refractivity contribution in [3.05, 3.63) is 36.0 Å². The number of aryl methyl sites for hydroxylation is 1. The Bertz CT molecular complexity index is 657. The molecule has 1 aromatic heterocycles. The maximum absolute atomic E-state index is 10.1. The third-order valence-corrected chi connectivity index (χ3v) is 3.99. The molecule has 0 saturated carbocycles. The first-order valence-electron chi connectivity index (χ1n) is 7.30. The Labute approximate surface area is 132 Å². The van der Waals surface area contributed by atoms with Crippen LogP contribution < -0.4 is 0 Å². The number of benzene rings is 1. The summed E-state index contributed by atoms with van der Waals surface area (Å²) in [6.07, 6.45) is -4.68. The number of aliphatic hydroxyl groups excluding tert-OH is 4. The second kappa shape index (κ2) is 6.34. The van der Waals surface area contributed by atoms with Crippen LogP contribution in [0.1, 0.15) is 11.8 Å². The normalized spacial score (nSPS) is 31.3. The molecule has 1 saturated heterocycles. The van der Waals surface area contributed by atoms with Gasteiger partial charge >= 0.3 is 0 Å². The SMILES string of the molecule is Cc1ccc(-c2cn(C3O[C@H](CO)[C@@H](O)[C@H](O)[C@@H]3O)nn2)cc1. The Balaban J connectivity index is 1.85. The molecule has 23 heavy (non-hydrogen) atoms. The van der Waals surface area contributed by atoms with Crippen LogP contribution in [0.5, 0.6) is 0 Å². The second-order valence-electron chi connectivity index (χ2n) is 5.67. The number of aliphatic hydroxyl groups is 4. The zero-order valence-corrected chi connectivity index (χ0v) is 12.5. The van der Waals surface area contributed by atoms with Crippen LogP contribution in [0.2, 0.25) is 0 Å². The van der Waals surface area contributed by atoms with Crippen molar-refractivity contribution in [2.45, 2.75) is 37.6 Å². The zero-order chi connectivity index (χ0) is 16.6. The first-order valence-corrected chi connectivity index (χ1v) is 7.30. The third-order valence-electron chi connectivity index (χ3n) is 3.99. The van der Waals surface area contributed by atoms with E-state index in [9.17, 15) is 20.4 Å². The molecule has 124 valence electrons. The van der Waals surface area contributed by atoms with E-state index in [1.54, 1.807) is 6.20 Å². The molecule has 3 rings (SSSR count). The molecule has 1 aliphatic heterocycles. The van der Waals surface area contributed by atoms with Crippen LogP contribution in [0.4, 0.5) is 0 Å². The lowest BCUT2D eigenvalue weighted by Crippen LogP contribution is -2.56. The van der Waals surface area contributed by atoms with Crippen molar-refractivity contribution in [3.8, 4) is 11.3 Å². The summed E-state index contributed by atoms with van der Waals surface area (Å²) in [7, 11) is 0. The van der Waals surface area contributed by atoms with Gasteiger partial charge in [0.15, 0.2) is 6.23 Å². The molecular formula is C15H19N3O5. The van der Waals surface area contributed by atoms with Gasteiger partial charge in [-0.1, -0.05) is 35.0 Å². The summed E-state index contributed by atoms with van der Waals surface area (Å²) in [5.41, 5.74) is 2.56. The van der Waals surface area contributed by atoms with Crippen molar-refractivity contribution in [2.75, 3.05) is 6.61 Å². The van der Waals surface area contributed by atoms with Crippen molar-refractivity contribution in [1.29, 1.82) is 0 Å². The number of ether oxygens (including phenoxy) is 1. The van der Waals surface area contributed by atoms with E-state index in [1.807, 2.05) is 31.2 Å². The molecule has 8 nitrogen and oxygen atoms in total. The fourth-order valence-corrected chi connectivity index (χ4v) is 2.56. The zero-order valence-electron chi connectivity index (χ0n) is 12.5. The van der Waals surface area contributed by atoms with Crippen LogP contribution in [0, 0.1) is 6.92 Å². The number of rotatable bonds is 3. The van der Waals surface area contributed by atoms with E-state index in [4.69, 9.17) is 4.74 Å².